The van der Waals surface area contributed by atoms with E-state index >= 15 is 0 Å². The second kappa shape index (κ2) is 7.88. The molecule has 4 nitrogen and oxygen atoms in total. The van der Waals surface area contributed by atoms with Crippen molar-refractivity contribution in [3.8, 4) is 0 Å². The molecule has 126 valence electrons. The number of nitrogens with one attached hydrogen (secondary N) is 1. The highest BCUT2D eigenvalue weighted by Crippen LogP contribution is 2.16. The second-order valence-electron chi connectivity index (χ2n) is 6.16. The molecule has 0 fully saturated rings. The Balaban J connectivity index is 2.28. The van der Waals surface area contributed by atoms with Gasteiger partial charge in [-0.15, -0.1) is 0 Å². The van der Waals surface area contributed by atoms with Gasteiger partial charge >= 0.3 is 0 Å². The number of hydrogen-bond donors (Lipinski definition) is 2. The zero-order valence-corrected chi connectivity index (χ0v) is 14.2. The van der Waals surface area contributed by atoms with Gasteiger partial charge < -0.3 is 10.4 Å². The molecular formula is C20H23NO3. The van der Waals surface area contributed by atoms with Gasteiger partial charge in [-0.25, -0.2) is 0 Å². The van der Waals surface area contributed by atoms with Crippen LogP contribution in [0, 0.1) is 12.8 Å². The second-order valence-corrected chi connectivity index (χ2v) is 6.16. The number of ketones is 1. The molecule has 1 amide bonds. The number of carbonyl (C=O) groups is 2. The summed E-state index contributed by atoms with van der Waals surface area (Å²) < 4.78 is 0. The molecule has 0 aliphatic rings. The first-order valence-electron chi connectivity index (χ1n) is 8.06. The van der Waals surface area contributed by atoms with Crippen LogP contribution in [0.4, 0.5) is 0 Å². The Morgan fingerprint density at radius 2 is 1.58 bits per heavy atom. The van der Waals surface area contributed by atoms with Crippen LogP contribution in [0.25, 0.3) is 0 Å². The summed E-state index contributed by atoms with van der Waals surface area (Å²) in [6.45, 7) is 5.64. The number of rotatable bonds is 6. The van der Waals surface area contributed by atoms with E-state index < -0.39 is 0 Å². The fraction of sp³-hybridized carbons (Fsp3) is 0.300. The Hall–Kier alpha value is -2.46. The number of aliphatic hydroxyl groups excluding tert-OH is 1. The largest absolute Gasteiger partial charge is 0.396 e. The topological polar surface area (TPSA) is 66.4 Å². The molecule has 0 saturated heterocycles. The van der Waals surface area contributed by atoms with Gasteiger partial charge in [0, 0.05) is 23.8 Å². The third-order valence-electron chi connectivity index (χ3n) is 4.23. The molecular weight excluding hydrogens is 302 g/mol. The SMILES string of the molecule is Cc1ccc(C(=O)c2ccccc2C(=O)NC(C)C(C)CO)cc1. The highest BCUT2D eigenvalue weighted by atomic mass is 16.3. The third-order valence-corrected chi connectivity index (χ3v) is 4.23. The van der Waals surface area contributed by atoms with Gasteiger partial charge in [0.05, 0.1) is 5.56 Å². The number of benzene rings is 2. The van der Waals surface area contributed by atoms with E-state index in [1.54, 1.807) is 36.4 Å². The van der Waals surface area contributed by atoms with Gasteiger partial charge in [0.25, 0.3) is 5.91 Å². The van der Waals surface area contributed by atoms with Crippen molar-refractivity contribution < 1.29 is 14.7 Å². The number of amides is 1. The summed E-state index contributed by atoms with van der Waals surface area (Å²) in [6, 6.07) is 13.9. The average molecular weight is 325 g/mol. The predicted octanol–water partition coefficient (Wildman–Crippen LogP) is 2.97. The molecule has 0 radical (unpaired) electrons. The summed E-state index contributed by atoms with van der Waals surface area (Å²) in [5.74, 6) is -0.545. The predicted molar refractivity (Wildman–Crippen MR) is 94.2 cm³/mol. The van der Waals surface area contributed by atoms with Crippen LogP contribution >= 0.6 is 0 Å². The highest BCUT2D eigenvalue weighted by Gasteiger charge is 2.20. The van der Waals surface area contributed by atoms with E-state index in [1.807, 2.05) is 32.9 Å². The number of hydrogen-bond acceptors (Lipinski definition) is 3. The van der Waals surface area contributed by atoms with Gasteiger partial charge in [0.15, 0.2) is 5.78 Å². The van der Waals surface area contributed by atoms with E-state index in [0.717, 1.165) is 5.56 Å². The van der Waals surface area contributed by atoms with Crippen molar-refractivity contribution in [1.82, 2.24) is 5.32 Å². The lowest BCUT2D eigenvalue weighted by molar-refractivity contribution is 0.0907. The standard InChI is InChI=1S/C20H23NO3/c1-13-8-10-16(11-9-13)19(23)17-6-4-5-7-18(17)20(24)21-15(3)14(2)12-22/h4-11,14-15,22H,12H2,1-3H3,(H,21,24). The Morgan fingerprint density at radius 3 is 2.17 bits per heavy atom. The molecule has 2 atom stereocenters. The molecule has 2 aromatic rings. The summed E-state index contributed by atoms with van der Waals surface area (Å²) in [4.78, 5) is 25.3. The van der Waals surface area contributed by atoms with Gasteiger partial charge in [-0.3, -0.25) is 9.59 Å². The van der Waals surface area contributed by atoms with Crippen molar-refractivity contribution in [2.24, 2.45) is 5.92 Å². The maximum atomic E-state index is 12.7. The first-order valence-corrected chi connectivity index (χ1v) is 8.06. The van der Waals surface area contributed by atoms with E-state index in [2.05, 4.69) is 5.32 Å². The van der Waals surface area contributed by atoms with E-state index in [4.69, 9.17) is 0 Å². The molecule has 0 aromatic heterocycles. The van der Waals surface area contributed by atoms with Crippen molar-refractivity contribution in [3.63, 3.8) is 0 Å². The van der Waals surface area contributed by atoms with E-state index in [-0.39, 0.29) is 30.3 Å². The fourth-order valence-electron chi connectivity index (χ4n) is 2.32. The summed E-state index contributed by atoms with van der Waals surface area (Å²) in [6.07, 6.45) is 0. The summed E-state index contributed by atoms with van der Waals surface area (Å²) >= 11 is 0. The van der Waals surface area contributed by atoms with E-state index in [9.17, 15) is 14.7 Å². The average Bonchev–Trinajstić information content (AvgIpc) is 2.60. The summed E-state index contributed by atoms with van der Waals surface area (Å²) in [5, 5.41) is 12.0. The smallest absolute Gasteiger partial charge is 0.252 e. The van der Waals surface area contributed by atoms with E-state index in [0.29, 0.717) is 16.7 Å². The fourth-order valence-corrected chi connectivity index (χ4v) is 2.32. The molecule has 2 N–H and O–H groups in total. The quantitative estimate of drug-likeness (QED) is 0.803. The Kier molecular flexibility index (Phi) is 5.88. The molecule has 2 unspecified atom stereocenters. The molecule has 0 spiro atoms. The van der Waals surface area contributed by atoms with Crippen molar-refractivity contribution in [1.29, 1.82) is 0 Å². The maximum Gasteiger partial charge on any atom is 0.252 e. The van der Waals surface area contributed by atoms with Crippen molar-refractivity contribution in [2.45, 2.75) is 26.8 Å². The molecule has 0 aliphatic carbocycles. The van der Waals surface area contributed by atoms with Gasteiger partial charge in [0.1, 0.15) is 0 Å². The molecule has 4 heteroatoms. The van der Waals surface area contributed by atoms with Crippen molar-refractivity contribution >= 4 is 11.7 Å². The number of aryl methyl sites for hydroxylation is 1. The molecule has 2 aromatic carbocycles. The summed E-state index contributed by atoms with van der Waals surface area (Å²) in [7, 11) is 0. The van der Waals surface area contributed by atoms with Crippen molar-refractivity contribution in [2.75, 3.05) is 6.61 Å². The first kappa shape index (κ1) is 17.9. The lowest BCUT2D eigenvalue weighted by Crippen LogP contribution is -2.38. The molecule has 24 heavy (non-hydrogen) atoms. The van der Waals surface area contributed by atoms with Gasteiger partial charge in [0.2, 0.25) is 0 Å². The zero-order chi connectivity index (χ0) is 17.7. The van der Waals surface area contributed by atoms with Gasteiger partial charge in [-0.1, -0.05) is 55.0 Å². The minimum Gasteiger partial charge on any atom is -0.396 e. The maximum absolute atomic E-state index is 12.7. The Bertz CT molecular complexity index is 722. The minimum atomic E-state index is -0.307. The van der Waals surface area contributed by atoms with Crippen LogP contribution in [0.3, 0.4) is 0 Å². The molecule has 2 rings (SSSR count). The van der Waals surface area contributed by atoms with Gasteiger partial charge in [-0.2, -0.15) is 0 Å². The molecule has 0 heterocycles. The summed E-state index contributed by atoms with van der Waals surface area (Å²) in [5.41, 5.74) is 2.35. The highest BCUT2D eigenvalue weighted by molar-refractivity contribution is 6.15. The van der Waals surface area contributed by atoms with Crippen LogP contribution in [0.2, 0.25) is 0 Å². The van der Waals surface area contributed by atoms with Crippen LogP contribution in [0.15, 0.2) is 48.5 Å². The van der Waals surface area contributed by atoms with Crippen molar-refractivity contribution in [3.05, 3.63) is 70.8 Å². The number of aliphatic hydroxyl groups is 1. The molecule has 0 saturated carbocycles. The van der Waals surface area contributed by atoms with Crippen LogP contribution in [0.1, 0.15) is 45.7 Å². The normalized spacial score (nSPS) is 13.2. The van der Waals surface area contributed by atoms with E-state index in [1.165, 1.54) is 0 Å². The third kappa shape index (κ3) is 4.09. The van der Waals surface area contributed by atoms with Crippen LogP contribution in [0.5, 0.6) is 0 Å². The first-order chi connectivity index (χ1) is 11.4. The Labute approximate surface area is 142 Å². The Morgan fingerprint density at radius 1 is 1.00 bits per heavy atom. The monoisotopic (exact) mass is 325 g/mol. The lowest BCUT2D eigenvalue weighted by atomic mass is 9.96. The minimum absolute atomic E-state index is 0.00854. The molecule has 0 aliphatic heterocycles. The van der Waals surface area contributed by atoms with Crippen LogP contribution < -0.4 is 5.32 Å². The van der Waals surface area contributed by atoms with Crippen LogP contribution in [-0.4, -0.2) is 29.4 Å². The zero-order valence-electron chi connectivity index (χ0n) is 14.2. The van der Waals surface area contributed by atoms with Crippen LogP contribution in [-0.2, 0) is 0 Å². The lowest BCUT2D eigenvalue weighted by Gasteiger charge is -2.20. The van der Waals surface area contributed by atoms with Gasteiger partial charge in [-0.05, 0) is 25.8 Å². The number of carbonyl (C=O) groups excluding carboxylic acids is 2. The molecule has 0 bridgehead atoms.